The molecule has 1 aliphatic rings. The first kappa shape index (κ1) is 19.7. The minimum Gasteiger partial charge on any atom is -0.349 e. The third-order valence-electron chi connectivity index (χ3n) is 4.70. The number of pyridine rings is 1. The standard InChI is InChI=1S/C20H15F4N5O/c21-13-1-2-16(22)15(9-13)14-4-6-25-18(29-8-5-20(23,24)11-29)17(14)28-19(30)12-3-7-26-27-10-12/h1-4,6-7,9-10H,5,8,11H2,(H,28,30). The fourth-order valence-corrected chi connectivity index (χ4v) is 3.27. The van der Waals surface area contributed by atoms with Gasteiger partial charge in [-0.15, -0.1) is 0 Å². The summed E-state index contributed by atoms with van der Waals surface area (Å²) in [4.78, 5) is 18.2. The zero-order valence-corrected chi connectivity index (χ0v) is 15.4. The van der Waals surface area contributed by atoms with Gasteiger partial charge in [-0.3, -0.25) is 4.79 Å². The number of rotatable bonds is 4. The Morgan fingerprint density at radius 3 is 2.60 bits per heavy atom. The lowest BCUT2D eigenvalue weighted by Crippen LogP contribution is -2.27. The van der Waals surface area contributed by atoms with E-state index in [0.29, 0.717) is 0 Å². The van der Waals surface area contributed by atoms with Crippen LogP contribution in [0.5, 0.6) is 0 Å². The molecule has 30 heavy (non-hydrogen) atoms. The smallest absolute Gasteiger partial charge is 0.266 e. The number of halogens is 4. The summed E-state index contributed by atoms with van der Waals surface area (Å²) >= 11 is 0. The molecule has 0 aliphatic carbocycles. The van der Waals surface area contributed by atoms with Crippen LogP contribution in [0.15, 0.2) is 48.9 Å². The summed E-state index contributed by atoms with van der Waals surface area (Å²) in [6.07, 6.45) is 3.45. The Morgan fingerprint density at radius 1 is 1.07 bits per heavy atom. The highest BCUT2D eigenvalue weighted by molar-refractivity contribution is 6.08. The minimum atomic E-state index is -2.92. The molecule has 3 heterocycles. The molecule has 0 bridgehead atoms. The van der Waals surface area contributed by atoms with Gasteiger partial charge in [0.25, 0.3) is 11.8 Å². The number of hydrogen-bond donors (Lipinski definition) is 1. The van der Waals surface area contributed by atoms with E-state index in [1.54, 1.807) is 0 Å². The molecular weight excluding hydrogens is 402 g/mol. The van der Waals surface area contributed by atoms with Gasteiger partial charge in [-0.1, -0.05) is 0 Å². The first-order valence-electron chi connectivity index (χ1n) is 8.99. The van der Waals surface area contributed by atoms with Gasteiger partial charge in [-0.05, 0) is 30.3 Å². The molecule has 10 heteroatoms. The van der Waals surface area contributed by atoms with Gasteiger partial charge < -0.3 is 10.2 Å². The van der Waals surface area contributed by atoms with E-state index in [2.05, 4.69) is 20.5 Å². The number of anilines is 2. The van der Waals surface area contributed by atoms with Crippen molar-refractivity contribution in [1.29, 1.82) is 0 Å². The molecule has 0 spiro atoms. The maximum atomic E-state index is 14.5. The van der Waals surface area contributed by atoms with Gasteiger partial charge in [0.05, 0.1) is 30.2 Å². The van der Waals surface area contributed by atoms with Crippen molar-refractivity contribution < 1.29 is 22.4 Å². The molecule has 1 aromatic carbocycles. The first-order chi connectivity index (χ1) is 14.3. The summed E-state index contributed by atoms with van der Waals surface area (Å²) in [7, 11) is 0. The lowest BCUT2D eigenvalue weighted by molar-refractivity contribution is 0.0257. The van der Waals surface area contributed by atoms with Crippen LogP contribution in [0, 0.1) is 11.6 Å². The zero-order chi connectivity index (χ0) is 21.3. The Hall–Kier alpha value is -3.56. The lowest BCUT2D eigenvalue weighted by atomic mass is 10.0. The Kier molecular flexibility index (Phi) is 5.06. The summed E-state index contributed by atoms with van der Waals surface area (Å²) in [6, 6.07) is 5.67. The van der Waals surface area contributed by atoms with Crippen LogP contribution in [0.3, 0.4) is 0 Å². The van der Waals surface area contributed by atoms with E-state index in [1.807, 2.05) is 0 Å². The highest BCUT2D eigenvalue weighted by Gasteiger charge is 2.40. The van der Waals surface area contributed by atoms with Gasteiger partial charge in [0.1, 0.15) is 11.6 Å². The van der Waals surface area contributed by atoms with Crippen LogP contribution in [0.4, 0.5) is 29.1 Å². The van der Waals surface area contributed by atoms with Crippen molar-refractivity contribution in [1.82, 2.24) is 15.2 Å². The monoisotopic (exact) mass is 417 g/mol. The third-order valence-corrected chi connectivity index (χ3v) is 4.70. The Balaban J connectivity index is 1.83. The zero-order valence-electron chi connectivity index (χ0n) is 15.4. The number of carbonyl (C=O) groups excluding carboxylic acids is 1. The molecule has 1 amide bonds. The van der Waals surface area contributed by atoms with E-state index in [9.17, 15) is 22.4 Å². The van der Waals surface area contributed by atoms with E-state index in [4.69, 9.17) is 0 Å². The van der Waals surface area contributed by atoms with Gasteiger partial charge in [-0.25, -0.2) is 22.5 Å². The molecular formula is C20H15F4N5O. The molecule has 0 atom stereocenters. The average molecular weight is 417 g/mol. The summed E-state index contributed by atoms with van der Waals surface area (Å²) in [6.45, 7) is -0.608. The number of aromatic nitrogens is 3. The molecule has 1 saturated heterocycles. The Bertz CT molecular complexity index is 1090. The van der Waals surface area contributed by atoms with Crippen LogP contribution in [0.2, 0.25) is 0 Å². The van der Waals surface area contributed by atoms with Crippen LogP contribution in [-0.2, 0) is 0 Å². The molecule has 6 nitrogen and oxygen atoms in total. The highest BCUT2D eigenvalue weighted by Crippen LogP contribution is 2.39. The van der Waals surface area contributed by atoms with E-state index in [0.717, 1.165) is 18.2 Å². The molecule has 0 radical (unpaired) electrons. The maximum absolute atomic E-state index is 14.5. The van der Waals surface area contributed by atoms with Gasteiger partial charge in [0, 0.05) is 30.3 Å². The third kappa shape index (κ3) is 3.93. The molecule has 3 aromatic rings. The first-order valence-corrected chi connectivity index (χ1v) is 8.99. The van der Waals surface area contributed by atoms with Gasteiger partial charge >= 0.3 is 0 Å². The summed E-state index contributed by atoms with van der Waals surface area (Å²) in [5.74, 6) is -4.92. The van der Waals surface area contributed by atoms with Crippen LogP contribution < -0.4 is 10.2 Å². The van der Waals surface area contributed by atoms with Crippen molar-refractivity contribution in [2.45, 2.75) is 12.3 Å². The van der Waals surface area contributed by atoms with Crippen molar-refractivity contribution in [3.63, 3.8) is 0 Å². The molecule has 1 N–H and O–H groups in total. The summed E-state index contributed by atoms with van der Waals surface area (Å²) in [5, 5.41) is 9.82. The second kappa shape index (κ2) is 7.69. The van der Waals surface area contributed by atoms with Crippen LogP contribution in [-0.4, -0.2) is 40.1 Å². The second-order valence-electron chi connectivity index (χ2n) is 6.79. The lowest BCUT2D eigenvalue weighted by Gasteiger charge is -2.23. The molecule has 2 aromatic heterocycles. The van der Waals surface area contributed by atoms with Crippen molar-refractivity contribution in [3.05, 3.63) is 66.1 Å². The van der Waals surface area contributed by atoms with Crippen LogP contribution in [0.1, 0.15) is 16.8 Å². The van der Waals surface area contributed by atoms with Crippen molar-refractivity contribution >= 4 is 17.4 Å². The number of hydrogen-bond acceptors (Lipinski definition) is 5. The van der Waals surface area contributed by atoms with Gasteiger partial charge in [0.2, 0.25) is 0 Å². The van der Waals surface area contributed by atoms with E-state index in [1.165, 1.54) is 35.6 Å². The molecule has 0 saturated carbocycles. The average Bonchev–Trinajstić information content (AvgIpc) is 3.10. The van der Waals surface area contributed by atoms with E-state index in [-0.39, 0.29) is 41.2 Å². The number of benzene rings is 1. The fourth-order valence-electron chi connectivity index (χ4n) is 3.27. The van der Waals surface area contributed by atoms with E-state index < -0.39 is 30.0 Å². The SMILES string of the molecule is O=C(Nc1c(-c2cc(F)ccc2F)ccnc1N1CCC(F)(F)C1)c1ccnnc1. The number of amides is 1. The molecule has 4 rings (SSSR count). The maximum Gasteiger partial charge on any atom is 0.266 e. The van der Waals surface area contributed by atoms with E-state index >= 15 is 0 Å². The van der Waals surface area contributed by atoms with Crippen molar-refractivity contribution in [3.8, 4) is 11.1 Å². The van der Waals surface area contributed by atoms with Crippen LogP contribution in [0.25, 0.3) is 11.1 Å². The molecule has 0 unspecified atom stereocenters. The number of carbonyl (C=O) groups is 1. The van der Waals surface area contributed by atoms with Gasteiger partial charge in [0.15, 0.2) is 5.82 Å². The largest absolute Gasteiger partial charge is 0.349 e. The Labute approximate surface area is 168 Å². The number of alkyl halides is 2. The number of nitrogens with one attached hydrogen (secondary N) is 1. The Morgan fingerprint density at radius 2 is 1.90 bits per heavy atom. The second-order valence-corrected chi connectivity index (χ2v) is 6.79. The normalized spacial score (nSPS) is 15.3. The van der Waals surface area contributed by atoms with Crippen LogP contribution >= 0.6 is 0 Å². The quantitative estimate of drug-likeness (QED) is 0.652. The predicted molar refractivity (Wildman–Crippen MR) is 101 cm³/mol. The molecule has 154 valence electrons. The topological polar surface area (TPSA) is 71.0 Å². The number of nitrogens with zero attached hydrogens (tertiary/aromatic N) is 4. The molecule has 1 aliphatic heterocycles. The minimum absolute atomic E-state index is 0.00140. The highest BCUT2D eigenvalue weighted by atomic mass is 19.3. The molecule has 1 fully saturated rings. The summed E-state index contributed by atoms with van der Waals surface area (Å²) < 4.78 is 55.9. The fraction of sp³-hybridized carbons (Fsp3) is 0.200. The predicted octanol–water partition coefficient (Wildman–Crippen LogP) is 3.91. The van der Waals surface area contributed by atoms with Gasteiger partial charge in [-0.2, -0.15) is 10.2 Å². The van der Waals surface area contributed by atoms with Crippen molar-refractivity contribution in [2.75, 3.05) is 23.3 Å². The summed E-state index contributed by atoms with van der Waals surface area (Å²) in [5.41, 5.74) is 0.133. The van der Waals surface area contributed by atoms with Crippen molar-refractivity contribution in [2.24, 2.45) is 0 Å².